The van der Waals surface area contributed by atoms with Crippen LogP contribution in [0.15, 0.2) is 48.5 Å². The van der Waals surface area contributed by atoms with E-state index in [4.69, 9.17) is 9.47 Å². The quantitative estimate of drug-likeness (QED) is 0.777. The van der Waals surface area contributed by atoms with E-state index >= 15 is 0 Å². The zero-order valence-corrected chi connectivity index (χ0v) is 16.2. The van der Waals surface area contributed by atoms with Crippen LogP contribution in [-0.4, -0.2) is 43.0 Å². The molecule has 1 amide bonds. The molecule has 2 atom stereocenters. The van der Waals surface area contributed by atoms with Gasteiger partial charge in [-0.2, -0.15) is 0 Å². The molecule has 0 aromatic heterocycles. The molecule has 29 heavy (non-hydrogen) atoms. The molecule has 6 nitrogen and oxygen atoms in total. The first-order valence-corrected chi connectivity index (χ1v) is 10.1. The van der Waals surface area contributed by atoms with Gasteiger partial charge in [-0.1, -0.05) is 48.5 Å². The minimum Gasteiger partial charge on any atom is -0.480 e. The summed E-state index contributed by atoms with van der Waals surface area (Å²) in [7, 11) is 0. The molecule has 2 N–H and O–H groups in total. The number of carbonyl (C=O) groups excluding carboxylic acids is 1. The summed E-state index contributed by atoms with van der Waals surface area (Å²) >= 11 is 0. The Morgan fingerprint density at radius 3 is 2.34 bits per heavy atom. The monoisotopic (exact) mass is 395 g/mol. The van der Waals surface area contributed by atoms with Crippen LogP contribution in [0, 0.1) is 5.92 Å². The van der Waals surface area contributed by atoms with Crippen LogP contribution in [0.2, 0.25) is 0 Å². The van der Waals surface area contributed by atoms with Crippen LogP contribution in [0.5, 0.6) is 0 Å². The SMILES string of the molecule is O=C(N[C@H](CC1CCCOC1)C(=O)O)OCC1c2ccccc2-c2ccccc21. The molecule has 4 rings (SSSR count). The van der Waals surface area contributed by atoms with E-state index in [0.29, 0.717) is 19.6 Å². The van der Waals surface area contributed by atoms with Gasteiger partial charge in [0.15, 0.2) is 0 Å². The highest BCUT2D eigenvalue weighted by atomic mass is 16.5. The van der Waals surface area contributed by atoms with Crippen molar-refractivity contribution in [1.82, 2.24) is 5.32 Å². The summed E-state index contributed by atoms with van der Waals surface area (Å²) in [4.78, 5) is 23.9. The Morgan fingerprint density at radius 1 is 1.10 bits per heavy atom. The molecule has 0 saturated carbocycles. The summed E-state index contributed by atoms with van der Waals surface area (Å²) in [6, 6.07) is 15.2. The lowest BCUT2D eigenvalue weighted by Gasteiger charge is -2.25. The van der Waals surface area contributed by atoms with E-state index < -0.39 is 18.1 Å². The number of nitrogens with one attached hydrogen (secondary N) is 1. The highest BCUT2D eigenvalue weighted by Crippen LogP contribution is 2.44. The normalized spacial score (nSPS) is 19.1. The van der Waals surface area contributed by atoms with E-state index in [2.05, 4.69) is 17.4 Å². The summed E-state index contributed by atoms with van der Waals surface area (Å²) < 4.78 is 10.9. The van der Waals surface area contributed by atoms with Gasteiger partial charge in [0.2, 0.25) is 0 Å². The highest BCUT2D eigenvalue weighted by molar-refractivity contribution is 5.81. The molecule has 0 radical (unpaired) electrons. The molecule has 0 bridgehead atoms. The number of hydrogen-bond acceptors (Lipinski definition) is 4. The number of fused-ring (bicyclic) bond motifs is 3. The Morgan fingerprint density at radius 2 is 1.76 bits per heavy atom. The molecular formula is C23H25NO5. The van der Waals surface area contributed by atoms with Crippen molar-refractivity contribution in [3.8, 4) is 11.1 Å². The standard InChI is InChI=1S/C23H25NO5/c25-22(26)21(12-15-6-5-11-28-13-15)24-23(27)29-14-20-18-9-3-1-7-16(18)17-8-2-4-10-19(17)20/h1-4,7-10,15,20-21H,5-6,11-14H2,(H,24,27)(H,25,26)/t15?,21-/m1/s1. The van der Waals surface area contributed by atoms with E-state index in [-0.39, 0.29) is 18.4 Å². The van der Waals surface area contributed by atoms with Gasteiger partial charge in [-0.25, -0.2) is 9.59 Å². The predicted octanol–water partition coefficient (Wildman–Crippen LogP) is 3.80. The van der Waals surface area contributed by atoms with Gasteiger partial charge in [0.05, 0.1) is 0 Å². The van der Waals surface area contributed by atoms with Crippen molar-refractivity contribution in [3.05, 3.63) is 59.7 Å². The van der Waals surface area contributed by atoms with Crippen LogP contribution >= 0.6 is 0 Å². The van der Waals surface area contributed by atoms with Crippen LogP contribution in [0.25, 0.3) is 11.1 Å². The summed E-state index contributed by atoms with van der Waals surface area (Å²) in [6.45, 7) is 1.42. The van der Waals surface area contributed by atoms with Gasteiger partial charge in [0.25, 0.3) is 0 Å². The largest absolute Gasteiger partial charge is 0.480 e. The third kappa shape index (κ3) is 4.27. The van der Waals surface area contributed by atoms with Crippen molar-refractivity contribution in [2.75, 3.05) is 19.8 Å². The zero-order chi connectivity index (χ0) is 20.2. The van der Waals surface area contributed by atoms with Crippen LogP contribution in [0.1, 0.15) is 36.3 Å². The molecule has 1 saturated heterocycles. The van der Waals surface area contributed by atoms with Crippen LogP contribution < -0.4 is 5.32 Å². The molecule has 1 aliphatic heterocycles. The summed E-state index contributed by atoms with van der Waals surface area (Å²) in [5.41, 5.74) is 4.54. The number of carboxylic acid groups (broad SMARTS) is 1. The van der Waals surface area contributed by atoms with E-state index in [0.717, 1.165) is 35.1 Å². The number of benzene rings is 2. The number of ether oxygens (including phenoxy) is 2. The van der Waals surface area contributed by atoms with Gasteiger partial charge < -0.3 is 19.9 Å². The fourth-order valence-corrected chi connectivity index (χ4v) is 4.33. The molecule has 6 heteroatoms. The van der Waals surface area contributed by atoms with Gasteiger partial charge >= 0.3 is 12.1 Å². The fraction of sp³-hybridized carbons (Fsp3) is 0.391. The number of alkyl carbamates (subject to hydrolysis) is 1. The van der Waals surface area contributed by atoms with Gasteiger partial charge in [-0.05, 0) is 47.4 Å². The molecule has 1 unspecified atom stereocenters. The van der Waals surface area contributed by atoms with Gasteiger partial charge in [0.1, 0.15) is 12.6 Å². The van der Waals surface area contributed by atoms with Crippen molar-refractivity contribution in [1.29, 1.82) is 0 Å². The van der Waals surface area contributed by atoms with E-state index in [9.17, 15) is 14.7 Å². The van der Waals surface area contributed by atoms with Gasteiger partial charge in [-0.3, -0.25) is 0 Å². The Labute approximate surface area is 169 Å². The molecule has 2 aliphatic rings. The average Bonchev–Trinajstić information content (AvgIpc) is 3.06. The number of carboxylic acids is 1. The highest BCUT2D eigenvalue weighted by Gasteiger charge is 2.30. The number of carbonyl (C=O) groups is 2. The van der Waals surface area contributed by atoms with Crippen LogP contribution in [0.4, 0.5) is 4.79 Å². The summed E-state index contributed by atoms with van der Waals surface area (Å²) in [5, 5.41) is 12.0. The molecule has 2 aromatic carbocycles. The predicted molar refractivity (Wildman–Crippen MR) is 108 cm³/mol. The lowest BCUT2D eigenvalue weighted by atomic mass is 9.94. The first-order valence-electron chi connectivity index (χ1n) is 10.1. The lowest BCUT2D eigenvalue weighted by molar-refractivity contribution is -0.140. The Kier molecular flexibility index (Phi) is 5.81. The second-order valence-electron chi connectivity index (χ2n) is 7.68. The van der Waals surface area contributed by atoms with Crippen molar-refractivity contribution >= 4 is 12.1 Å². The van der Waals surface area contributed by atoms with Crippen molar-refractivity contribution in [2.45, 2.75) is 31.2 Å². The average molecular weight is 395 g/mol. The first-order chi connectivity index (χ1) is 14.1. The number of rotatable bonds is 6. The Bertz CT molecular complexity index is 845. The van der Waals surface area contributed by atoms with E-state index in [1.807, 2.05) is 36.4 Å². The van der Waals surface area contributed by atoms with Gasteiger partial charge in [-0.15, -0.1) is 0 Å². The summed E-state index contributed by atoms with van der Waals surface area (Å²) in [5.74, 6) is -0.967. The molecule has 1 aliphatic carbocycles. The molecule has 2 aromatic rings. The second-order valence-corrected chi connectivity index (χ2v) is 7.68. The molecule has 1 heterocycles. The maximum Gasteiger partial charge on any atom is 0.407 e. The molecule has 0 spiro atoms. The van der Waals surface area contributed by atoms with Crippen LogP contribution in [0.3, 0.4) is 0 Å². The number of hydrogen-bond donors (Lipinski definition) is 2. The Balaban J connectivity index is 1.39. The third-order valence-electron chi connectivity index (χ3n) is 5.76. The zero-order valence-electron chi connectivity index (χ0n) is 16.2. The van der Waals surface area contributed by atoms with Crippen molar-refractivity contribution in [2.24, 2.45) is 5.92 Å². The van der Waals surface area contributed by atoms with Crippen LogP contribution in [-0.2, 0) is 14.3 Å². The smallest absolute Gasteiger partial charge is 0.407 e. The van der Waals surface area contributed by atoms with E-state index in [1.54, 1.807) is 0 Å². The lowest BCUT2D eigenvalue weighted by Crippen LogP contribution is -2.43. The maximum absolute atomic E-state index is 12.4. The fourth-order valence-electron chi connectivity index (χ4n) is 4.33. The van der Waals surface area contributed by atoms with Crippen molar-refractivity contribution < 1.29 is 24.2 Å². The van der Waals surface area contributed by atoms with E-state index in [1.165, 1.54) is 0 Å². The first kappa shape index (κ1) is 19.5. The molecule has 152 valence electrons. The second kappa shape index (κ2) is 8.66. The summed E-state index contributed by atoms with van der Waals surface area (Å²) in [6.07, 6.45) is 1.48. The van der Waals surface area contributed by atoms with Crippen molar-refractivity contribution in [3.63, 3.8) is 0 Å². The minimum atomic E-state index is -1.05. The minimum absolute atomic E-state index is 0.0526. The molecular weight excluding hydrogens is 370 g/mol. The molecule has 1 fully saturated rings. The Hall–Kier alpha value is -2.86. The number of amides is 1. The maximum atomic E-state index is 12.4. The number of aliphatic carboxylic acids is 1. The topological polar surface area (TPSA) is 84.9 Å². The van der Waals surface area contributed by atoms with Gasteiger partial charge in [0, 0.05) is 19.1 Å². The third-order valence-corrected chi connectivity index (χ3v) is 5.76.